The molecule has 0 amide bonds. The molecule has 0 bridgehead atoms. The maximum atomic E-state index is 13.3. The number of ether oxygens (including phenoxy) is 4. The van der Waals surface area contributed by atoms with E-state index >= 15 is 0 Å². The van der Waals surface area contributed by atoms with Crippen LogP contribution >= 0.6 is 0 Å². The van der Waals surface area contributed by atoms with E-state index in [1.165, 1.54) is 26.4 Å². The van der Waals surface area contributed by atoms with Gasteiger partial charge in [0.05, 0.1) is 20.8 Å². The second kappa shape index (κ2) is 8.20. The number of methoxy groups -OCH3 is 2. The van der Waals surface area contributed by atoms with Crippen molar-refractivity contribution in [1.82, 2.24) is 14.9 Å². The van der Waals surface area contributed by atoms with Gasteiger partial charge in [-0.2, -0.15) is 5.10 Å². The Morgan fingerprint density at radius 1 is 1.09 bits per heavy atom. The number of rotatable bonds is 7. The maximum absolute atomic E-state index is 13.3. The van der Waals surface area contributed by atoms with Gasteiger partial charge in [0, 0.05) is 18.0 Å². The second-order valence-corrected chi connectivity index (χ2v) is 8.72. The second-order valence-electron chi connectivity index (χ2n) is 7.10. The fraction of sp³-hybridized carbons (Fsp3) is 0.238. The van der Waals surface area contributed by atoms with Crippen molar-refractivity contribution in [2.24, 2.45) is 0 Å². The molecular formula is C21H20N4O7S. The fourth-order valence-corrected chi connectivity index (χ4v) is 5.03. The van der Waals surface area contributed by atoms with Crippen molar-refractivity contribution in [3.05, 3.63) is 48.3 Å². The van der Waals surface area contributed by atoms with Crippen molar-refractivity contribution < 1.29 is 31.9 Å². The summed E-state index contributed by atoms with van der Waals surface area (Å²) in [5.74, 6) is 1.05. The molecule has 4 aromatic rings. The van der Waals surface area contributed by atoms with Gasteiger partial charge in [-0.05, 0) is 24.3 Å². The summed E-state index contributed by atoms with van der Waals surface area (Å²) >= 11 is 0. The number of hydrogen-bond donors (Lipinski definition) is 1. The average molecular weight is 472 g/mol. The van der Waals surface area contributed by atoms with Crippen molar-refractivity contribution in [2.75, 3.05) is 32.2 Å². The molecule has 0 fully saturated rings. The van der Waals surface area contributed by atoms with Crippen LogP contribution in [-0.2, 0) is 16.6 Å². The maximum Gasteiger partial charge on any atom is 0.270 e. The molecule has 12 heteroatoms. The Morgan fingerprint density at radius 2 is 1.82 bits per heavy atom. The Balaban J connectivity index is 1.61. The van der Waals surface area contributed by atoms with Crippen molar-refractivity contribution in [1.29, 1.82) is 0 Å². The van der Waals surface area contributed by atoms with Crippen LogP contribution in [0.15, 0.2) is 52.1 Å². The summed E-state index contributed by atoms with van der Waals surface area (Å²) in [6.45, 7) is 1.06. The summed E-state index contributed by atoms with van der Waals surface area (Å²) in [5, 5.41) is 8.53. The number of anilines is 1. The molecule has 2 aromatic heterocycles. The zero-order chi connectivity index (χ0) is 23.0. The minimum atomic E-state index is -4.17. The first-order chi connectivity index (χ1) is 16.0. The van der Waals surface area contributed by atoms with Gasteiger partial charge in [0.2, 0.25) is 0 Å². The van der Waals surface area contributed by atoms with Gasteiger partial charge in [-0.15, -0.1) is 0 Å². The Labute approximate surface area is 188 Å². The first-order valence-electron chi connectivity index (χ1n) is 9.94. The third kappa shape index (κ3) is 3.67. The number of aromatic nitrogens is 3. The Bertz CT molecular complexity index is 1390. The zero-order valence-electron chi connectivity index (χ0n) is 17.8. The summed E-state index contributed by atoms with van der Waals surface area (Å²) in [6, 6.07) is 8.23. The number of nitrogens with one attached hydrogen (secondary N) is 1. The summed E-state index contributed by atoms with van der Waals surface area (Å²) in [4.78, 5) is -0.160. The first-order valence-corrected chi connectivity index (χ1v) is 11.4. The van der Waals surface area contributed by atoms with Crippen LogP contribution in [0.2, 0.25) is 0 Å². The Hall–Kier alpha value is -3.93. The molecule has 1 aliphatic rings. The lowest BCUT2D eigenvalue weighted by Crippen LogP contribution is -2.19. The van der Waals surface area contributed by atoms with Crippen molar-refractivity contribution in [2.45, 2.75) is 11.4 Å². The van der Waals surface area contributed by atoms with Crippen LogP contribution < -0.4 is 23.7 Å². The van der Waals surface area contributed by atoms with Crippen LogP contribution in [0.3, 0.4) is 0 Å². The van der Waals surface area contributed by atoms with E-state index in [0.717, 1.165) is 5.56 Å². The monoisotopic (exact) mass is 472 g/mol. The number of sulfonamides is 1. The number of hydrogen-bond acceptors (Lipinski definition) is 9. The molecule has 33 heavy (non-hydrogen) atoms. The molecule has 0 spiro atoms. The highest BCUT2D eigenvalue weighted by molar-refractivity contribution is 7.93. The molecule has 3 heterocycles. The van der Waals surface area contributed by atoms with Gasteiger partial charge < -0.3 is 23.5 Å². The number of fused-ring (bicyclic) bond motifs is 3. The van der Waals surface area contributed by atoms with Gasteiger partial charge in [-0.25, -0.2) is 8.42 Å². The standard InChI is InChI=1S/C21H20N4O7S/c1-28-14-5-3-6-15(29-2)20(14)33(26,27)24-21-17-16(32-23-21)11-13(12-25-8-4-7-22-25)18-19(17)31-10-9-30-18/h3-8,11H,9-10,12H2,1-2H3,(H,23,24). The fourth-order valence-electron chi connectivity index (χ4n) is 3.70. The van der Waals surface area contributed by atoms with E-state index in [2.05, 4.69) is 15.0 Å². The number of benzene rings is 2. The van der Waals surface area contributed by atoms with E-state index in [9.17, 15) is 8.42 Å². The first kappa shape index (κ1) is 20.9. The molecule has 11 nitrogen and oxygen atoms in total. The summed E-state index contributed by atoms with van der Waals surface area (Å²) in [5.41, 5.74) is 1.10. The van der Waals surface area contributed by atoms with E-state index < -0.39 is 10.0 Å². The molecule has 0 saturated carbocycles. The van der Waals surface area contributed by atoms with Gasteiger partial charge in [0.1, 0.15) is 30.1 Å². The van der Waals surface area contributed by atoms with Gasteiger partial charge in [0.15, 0.2) is 27.8 Å². The van der Waals surface area contributed by atoms with Gasteiger partial charge in [-0.3, -0.25) is 9.40 Å². The third-order valence-corrected chi connectivity index (χ3v) is 6.50. The van der Waals surface area contributed by atoms with Gasteiger partial charge in [-0.1, -0.05) is 11.2 Å². The average Bonchev–Trinajstić information content (AvgIpc) is 3.48. The molecule has 1 aliphatic heterocycles. The van der Waals surface area contributed by atoms with Crippen LogP contribution in [0.5, 0.6) is 23.0 Å². The van der Waals surface area contributed by atoms with Crippen LogP contribution in [-0.4, -0.2) is 50.8 Å². The molecule has 0 atom stereocenters. The van der Waals surface area contributed by atoms with Crippen molar-refractivity contribution >= 4 is 26.8 Å². The molecular weight excluding hydrogens is 452 g/mol. The van der Waals surface area contributed by atoms with E-state index in [0.29, 0.717) is 42.2 Å². The van der Waals surface area contributed by atoms with Crippen LogP contribution in [0.4, 0.5) is 5.82 Å². The van der Waals surface area contributed by atoms with Crippen LogP contribution in [0.1, 0.15) is 5.56 Å². The molecule has 2 aromatic carbocycles. The predicted octanol–water partition coefficient (Wildman–Crippen LogP) is 2.66. The van der Waals surface area contributed by atoms with E-state index in [-0.39, 0.29) is 22.2 Å². The summed E-state index contributed by atoms with van der Waals surface area (Å²) in [7, 11) is -1.42. The SMILES string of the molecule is COc1cccc(OC)c1S(=O)(=O)Nc1noc2cc(Cn3cccn3)c3c(c12)OCCO3. The highest BCUT2D eigenvalue weighted by Gasteiger charge is 2.30. The highest BCUT2D eigenvalue weighted by atomic mass is 32.2. The van der Waals surface area contributed by atoms with Crippen molar-refractivity contribution in [3.8, 4) is 23.0 Å². The smallest absolute Gasteiger partial charge is 0.270 e. The Kier molecular flexibility index (Phi) is 5.21. The molecule has 1 N–H and O–H groups in total. The van der Waals surface area contributed by atoms with Crippen LogP contribution in [0.25, 0.3) is 11.0 Å². The van der Waals surface area contributed by atoms with E-state index in [1.807, 2.05) is 12.3 Å². The van der Waals surface area contributed by atoms with E-state index in [4.69, 9.17) is 23.5 Å². The minimum Gasteiger partial charge on any atom is -0.495 e. The quantitative estimate of drug-likeness (QED) is 0.432. The topological polar surface area (TPSA) is 127 Å². The van der Waals surface area contributed by atoms with E-state index in [1.54, 1.807) is 23.0 Å². The molecule has 0 radical (unpaired) electrons. The molecule has 5 rings (SSSR count). The summed E-state index contributed by atoms with van der Waals surface area (Å²) in [6.07, 6.45) is 3.50. The molecule has 0 saturated heterocycles. The largest absolute Gasteiger partial charge is 0.495 e. The van der Waals surface area contributed by atoms with Crippen LogP contribution in [0, 0.1) is 0 Å². The van der Waals surface area contributed by atoms with Gasteiger partial charge >= 0.3 is 0 Å². The Morgan fingerprint density at radius 3 is 2.48 bits per heavy atom. The highest BCUT2D eigenvalue weighted by Crippen LogP contribution is 2.45. The normalized spacial score (nSPS) is 13.2. The lowest BCUT2D eigenvalue weighted by atomic mass is 10.1. The third-order valence-electron chi connectivity index (χ3n) is 5.10. The van der Waals surface area contributed by atoms with Crippen molar-refractivity contribution in [3.63, 3.8) is 0 Å². The zero-order valence-corrected chi connectivity index (χ0v) is 18.6. The lowest BCUT2D eigenvalue weighted by Gasteiger charge is -2.22. The number of nitrogens with zero attached hydrogens (tertiary/aromatic N) is 3. The molecule has 0 unspecified atom stereocenters. The minimum absolute atomic E-state index is 0.0367. The molecule has 172 valence electrons. The lowest BCUT2D eigenvalue weighted by molar-refractivity contribution is 0.172. The predicted molar refractivity (Wildman–Crippen MR) is 117 cm³/mol. The van der Waals surface area contributed by atoms with Gasteiger partial charge in [0.25, 0.3) is 10.0 Å². The summed E-state index contributed by atoms with van der Waals surface area (Å²) < 4.78 is 58.5. The molecule has 0 aliphatic carbocycles.